The number of aliphatic hydroxyl groups is 1. The Balaban J connectivity index is 1.22. The van der Waals surface area contributed by atoms with Crippen molar-refractivity contribution in [2.24, 2.45) is 0 Å². The Labute approximate surface area is 292 Å². The number of aliphatic carboxylic acids is 1. The summed E-state index contributed by atoms with van der Waals surface area (Å²) in [5.74, 6) is -1.48. The lowest BCUT2D eigenvalue weighted by Crippen LogP contribution is -2.36. The van der Waals surface area contributed by atoms with Gasteiger partial charge in [-0.1, -0.05) is 55.7 Å². The van der Waals surface area contributed by atoms with E-state index in [1.165, 1.54) is 41.3 Å². The summed E-state index contributed by atoms with van der Waals surface area (Å²) >= 11 is 0. The number of carboxylic acids is 1. The monoisotopic (exact) mass is 698 g/mol. The van der Waals surface area contributed by atoms with E-state index in [-0.39, 0.29) is 17.0 Å². The van der Waals surface area contributed by atoms with Crippen molar-refractivity contribution in [3.63, 3.8) is 0 Å². The summed E-state index contributed by atoms with van der Waals surface area (Å²) in [4.78, 5) is 39.0. The quantitative estimate of drug-likeness (QED) is 0.187. The van der Waals surface area contributed by atoms with Crippen LogP contribution in [0.15, 0.2) is 101 Å². The molecule has 0 saturated heterocycles. The molecular weight excluding hydrogens is 657 g/mol. The maximum absolute atomic E-state index is 14.0. The fourth-order valence-corrected chi connectivity index (χ4v) is 8.40. The van der Waals surface area contributed by atoms with Gasteiger partial charge in [0.25, 0.3) is 15.9 Å². The molecule has 0 bridgehead atoms. The Kier molecular flexibility index (Phi) is 10.7. The summed E-state index contributed by atoms with van der Waals surface area (Å²) in [6, 6.07) is 20.4. The van der Waals surface area contributed by atoms with E-state index in [1.54, 1.807) is 41.3 Å². The number of rotatable bonds is 11. The van der Waals surface area contributed by atoms with Crippen LogP contribution in [0.5, 0.6) is 0 Å². The predicted molar refractivity (Wildman–Crippen MR) is 190 cm³/mol. The minimum absolute atomic E-state index is 0.0937. The van der Waals surface area contributed by atoms with Crippen LogP contribution in [0.2, 0.25) is 0 Å². The fraction of sp³-hybridized carbons (Fsp3) is 0.342. The molecule has 4 N–H and O–H groups in total. The number of aliphatic hydroxyl groups excluding tert-OH is 1. The first kappa shape index (κ1) is 34.9. The number of allylic oxidation sites excluding steroid dienone is 2. The van der Waals surface area contributed by atoms with Crippen LogP contribution in [0, 0.1) is 0 Å². The van der Waals surface area contributed by atoms with Crippen molar-refractivity contribution in [3.05, 3.63) is 113 Å². The van der Waals surface area contributed by atoms with E-state index in [0.717, 1.165) is 37.0 Å². The van der Waals surface area contributed by atoms with E-state index in [2.05, 4.69) is 22.8 Å². The second kappa shape index (κ2) is 15.3. The lowest BCUT2D eigenvalue weighted by atomic mass is 9.84. The van der Waals surface area contributed by atoms with E-state index in [9.17, 15) is 27.9 Å². The van der Waals surface area contributed by atoms with E-state index >= 15 is 0 Å². The van der Waals surface area contributed by atoms with Crippen LogP contribution in [-0.4, -0.2) is 60.0 Å². The average Bonchev–Trinajstić information content (AvgIpc) is 3.59. The molecule has 2 aliphatic carbocycles. The van der Waals surface area contributed by atoms with Crippen molar-refractivity contribution in [3.8, 4) is 0 Å². The number of hydrogen-bond donors (Lipinski definition) is 4. The highest BCUT2D eigenvalue weighted by molar-refractivity contribution is 7.89. The number of carbonyl (C=O) groups excluding carboxylic acids is 2. The molecule has 3 aromatic carbocycles. The molecule has 12 heteroatoms. The predicted octanol–water partition coefficient (Wildman–Crippen LogP) is 6.15. The first-order valence-corrected chi connectivity index (χ1v) is 18.5. The SMILES string of the molecule is O=C(NC[C@@H](O)C(=O)O)c1ccc(CN(C(=O)Nc2cccc(S(=O)(=O)N3CCC4=C3C=CCC4)c2)c2ccc(C3CCCCC3)cc2)cc1. The topological polar surface area (TPSA) is 156 Å². The number of anilines is 2. The number of benzene rings is 3. The van der Waals surface area contributed by atoms with Gasteiger partial charge in [0.2, 0.25) is 0 Å². The van der Waals surface area contributed by atoms with Crippen molar-refractivity contribution in [2.75, 3.05) is 23.3 Å². The minimum atomic E-state index is -3.84. The summed E-state index contributed by atoms with van der Waals surface area (Å²) in [5.41, 5.74) is 5.10. The summed E-state index contributed by atoms with van der Waals surface area (Å²) in [6.07, 6.45) is 10.6. The summed E-state index contributed by atoms with van der Waals surface area (Å²) in [7, 11) is -3.84. The van der Waals surface area contributed by atoms with Crippen LogP contribution in [0.1, 0.15) is 78.8 Å². The molecule has 3 aromatic rings. The molecule has 11 nitrogen and oxygen atoms in total. The molecule has 3 amide bonds. The third kappa shape index (κ3) is 7.92. The van der Waals surface area contributed by atoms with Gasteiger partial charge in [0, 0.05) is 23.5 Å². The highest BCUT2D eigenvalue weighted by Crippen LogP contribution is 2.36. The van der Waals surface area contributed by atoms with E-state index in [4.69, 9.17) is 5.11 Å². The fourth-order valence-electron chi connectivity index (χ4n) is 6.84. The molecule has 1 aliphatic heterocycles. The maximum Gasteiger partial charge on any atom is 0.334 e. The molecule has 0 radical (unpaired) electrons. The smallest absolute Gasteiger partial charge is 0.334 e. The van der Waals surface area contributed by atoms with Crippen LogP contribution in [0.3, 0.4) is 0 Å². The van der Waals surface area contributed by atoms with Crippen molar-refractivity contribution >= 4 is 39.3 Å². The minimum Gasteiger partial charge on any atom is -0.479 e. The lowest BCUT2D eigenvalue weighted by molar-refractivity contribution is -0.146. The normalized spacial score (nSPS) is 16.9. The van der Waals surface area contributed by atoms with E-state index in [1.807, 2.05) is 24.3 Å². The molecule has 262 valence electrons. The molecule has 0 spiro atoms. The Morgan fingerprint density at radius 3 is 2.40 bits per heavy atom. The number of amides is 3. The summed E-state index contributed by atoms with van der Waals surface area (Å²) in [6.45, 7) is 0.101. The molecule has 1 fully saturated rings. The largest absolute Gasteiger partial charge is 0.479 e. The zero-order valence-electron chi connectivity index (χ0n) is 27.8. The number of nitrogens with zero attached hydrogens (tertiary/aromatic N) is 2. The van der Waals surface area contributed by atoms with Crippen LogP contribution < -0.4 is 15.5 Å². The van der Waals surface area contributed by atoms with Crippen LogP contribution in [0.4, 0.5) is 16.2 Å². The lowest BCUT2D eigenvalue weighted by Gasteiger charge is -2.26. The number of hydrogen-bond acceptors (Lipinski definition) is 6. The zero-order chi connectivity index (χ0) is 35.3. The van der Waals surface area contributed by atoms with Crippen molar-refractivity contribution in [1.29, 1.82) is 0 Å². The third-order valence-corrected chi connectivity index (χ3v) is 11.4. The van der Waals surface area contributed by atoms with Gasteiger partial charge in [0.05, 0.1) is 23.7 Å². The number of urea groups is 1. The first-order valence-electron chi connectivity index (χ1n) is 17.1. The van der Waals surface area contributed by atoms with Crippen molar-refractivity contribution in [1.82, 2.24) is 9.62 Å². The molecule has 0 aromatic heterocycles. The van der Waals surface area contributed by atoms with Crippen molar-refractivity contribution in [2.45, 2.75) is 74.8 Å². The first-order chi connectivity index (χ1) is 24.1. The Morgan fingerprint density at radius 1 is 0.940 bits per heavy atom. The van der Waals surface area contributed by atoms with Crippen LogP contribution in [0.25, 0.3) is 0 Å². The summed E-state index contributed by atoms with van der Waals surface area (Å²) < 4.78 is 28.9. The highest BCUT2D eigenvalue weighted by atomic mass is 32.2. The van der Waals surface area contributed by atoms with Gasteiger partial charge in [0.1, 0.15) is 0 Å². The van der Waals surface area contributed by atoms with Gasteiger partial charge in [-0.15, -0.1) is 0 Å². The van der Waals surface area contributed by atoms with Crippen LogP contribution >= 0.6 is 0 Å². The number of nitrogens with one attached hydrogen (secondary N) is 2. The zero-order valence-corrected chi connectivity index (χ0v) is 28.6. The molecule has 1 saturated carbocycles. The second-order valence-electron chi connectivity index (χ2n) is 13.0. The van der Waals surface area contributed by atoms with Gasteiger partial charge >= 0.3 is 12.0 Å². The molecular formula is C38H42N4O7S. The Bertz CT molecular complexity index is 1900. The third-order valence-electron chi connectivity index (χ3n) is 9.63. The number of sulfonamides is 1. The number of carboxylic acid groups (broad SMARTS) is 1. The molecule has 0 unspecified atom stereocenters. The van der Waals surface area contributed by atoms with Gasteiger partial charge in [-0.25, -0.2) is 18.0 Å². The van der Waals surface area contributed by atoms with Gasteiger partial charge in [-0.2, -0.15) is 0 Å². The summed E-state index contributed by atoms with van der Waals surface area (Å²) in [5, 5.41) is 23.6. The average molecular weight is 699 g/mol. The molecule has 6 rings (SSSR count). The van der Waals surface area contributed by atoms with Gasteiger partial charge < -0.3 is 20.8 Å². The Morgan fingerprint density at radius 2 is 1.68 bits per heavy atom. The van der Waals surface area contributed by atoms with Gasteiger partial charge in [-0.05, 0) is 103 Å². The molecule has 1 atom stereocenters. The molecule has 1 heterocycles. The molecule has 3 aliphatic rings. The van der Waals surface area contributed by atoms with Crippen LogP contribution in [-0.2, 0) is 21.4 Å². The molecule has 50 heavy (non-hydrogen) atoms. The Hall–Kier alpha value is -4.94. The van der Waals surface area contributed by atoms with Crippen molar-refractivity contribution < 1.29 is 33.0 Å². The van der Waals surface area contributed by atoms with Gasteiger partial charge in [0.15, 0.2) is 6.10 Å². The van der Waals surface area contributed by atoms with Gasteiger partial charge in [-0.3, -0.25) is 14.0 Å². The standard InChI is InChI=1S/C38H42N4O7S/c43-35(37(45)46)24-39-36(44)30-15-13-26(14-16-30)25-41(32-19-17-28(18-20-32)27-7-2-1-3-8-27)38(47)40-31-10-6-11-33(23-31)50(48,49)42-22-21-29-9-4-5-12-34(29)42/h5-6,10-20,23,27,35,43H,1-4,7-9,21-22,24-25H2,(H,39,44)(H,40,47)(H,45,46)/t35-/m1/s1. The second-order valence-corrected chi connectivity index (χ2v) is 14.9. The maximum atomic E-state index is 14.0. The van der Waals surface area contributed by atoms with E-state index in [0.29, 0.717) is 35.8 Å². The number of carbonyl (C=O) groups is 3. The highest BCUT2D eigenvalue weighted by Gasteiger charge is 2.32. The van der Waals surface area contributed by atoms with E-state index < -0.39 is 40.6 Å².